The number of aromatic nitrogens is 5. The van der Waals surface area contributed by atoms with Crippen LogP contribution < -0.4 is 4.74 Å². The van der Waals surface area contributed by atoms with Crippen LogP contribution in [0, 0.1) is 13.8 Å². The van der Waals surface area contributed by atoms with Crippen molar-refractivity contribution in [3.63, 3.8) is 0 Å². The van der Waals surface area contributed by atoms with Gasteiger partial charge in [0.05, 0.1) is 12.4 Å². The summed E-state index contributed by atoms with van der Waals surface area (Å²) in [5.41, 5.74) is 3.13. The van der Waals surface area contributed by atoms with Crippen molar-refractivity contribution in [2.75, 3.05) is 7.11 Å². The molecule has 1 atom stereocenters. The number of ether oxygens (including phenoxy) is 1. The second-order valence-corrected chi connectivity index (χ2v) is 7.95. The molecule has 0 aliphatic rings. The van der Waals surface area contributed by atoms with Crippen molar-refractivity contribution in [2.45, 2.75) is 31.2 Å². The lowest BCUT2D eigenvalue weighted by atomic mass is 10.2. The Labute approximate surface area is 173 Å². The fourth-order valence-electron chi connectivity index (χ4n) is 2.89. The molecule has 0 bridgehead atoms. The predicted octanol–water partition coefficient (Wildman–Crippen LogP) is 4.80. The van der Waals surface area contributed by atoms with Crippen molar-refractivity contribution < 1.29 is 9.26 Å². The lowest BCUT2D eigenvalue weighted by Crippen LogP contribution is -2.01. The van der Waals surface area contributed by atoms with Gasteiger partial charge < -0.3 is 9.26 Å². The first-order valence-electron chi connectivity index (χ1n) is 9.19. The standard InChI is InChI=1S/C21H21N5O2S/c1-13-5-9-17(10-6-13)26-19(16-7-11-18(27-4)12-8-16)23-24-21(26)29-14(2)20-22-15(3)25-28-20/h5-12,14H,1-4H3. The van der Waals surface area contributed by atoms with Gasteiger partial charge in [-0.05, 0) is 57.2 Å². The van der Waals surface area contributed by atoms with Crippen LogP contribution >= 0.6 is 11.8 Å². The van der Waals surface area contributed by atoms with Gasteiger partial charge in [0.25, 0.3) is 0 Å². The summed E-state index contributed by atoms with van der Waals surface area (Å²) < 4.78 is 12.6. The van der Waals surface area contributed by atoms with E-state index in [4.69, 9.17) is 9.26 Å². The molecule has 1 unspecified atom stereocenters. The highest BCUT2D eigenvalue weighted by atomic mass is 32.2. The zero-order valence-electron chi connectivity index (χ0n) is 16.7. The van der Waals surface area contributed by atoms with Crippen molar-refractivity contribution in [2.24, 2.45) is 0 Å². The Morgan fingerprint density at radius 3 is 2.34 bits per heavy atom. The third kappa shape index (κ3) is 4.02. The number of thioether (sulfide) groups is 1. The summed E-state index contributed by atoms with van der Waals surface area (Å²) in [6.07, 6.45) is 0. The molecular formula is C21H21N5O2S. The van der Waals surface area contributed by atoms with E-state index in [0.717, 1.165) is 28.0 Å². The van der Waals surface area contributed by atoms with E-state index in [0.29, 0.717) is 11.7 Å². The van der Waals surface area contributed by atoms with E-state index in [9.17, 15) is 0 Å². The maximum Gasteiger partial charge on any atom is 0.239 e. The third-order valence-electron chi connectivity index (χ3n) is 4.45. The Kier molecular flexibility index (Phi) is 5.35. The number of nitrogens with zero attached hydrogens (tertiary/aromatic N) is 5. The molecule has 2 aromatic heterocycles. The van der Waals surface area contributed by atoms with E-state index in [-0.39, 0.29) is 5.25 Å². The van der Waals surface area contributed by atoms with E-state index in [1.54, 1.807) is 14.0 Å². The summed E-state index contributed by atoms with van der Waals surface area (Å²) >= 11 is 1.53. The molecule has 148 valence electrons. The van der Waals surface area contributed by atoms with E-state index in [2.05, 4.69) is 51.5 Å². The molecule has 29 heavy (non-hydrogen) atoms. The Hall–Kier alpha value is -3.13. The highest BCUT2D eigenvalue weighted by Crippen LogP contribution is 2.36. The summed E-state index contributed by atoms with van der Waals surface area (Å²) in [6.45, 7) is 5.88. The molecule has 0 spiro atoms. The molecule has 7 nitrogen and oxygen atoms in total. The predicted molar refractivity (Wildman–Crippen MR) is 111 cm³/mol. The van der Waals surface area contributed by atoms with Crippen molar-refractivity contribution in [3.8, 4) is 22.8 Å². The zero-order chi connectivity index (χ0) is 20.4. The van der Waals surface area contributed by atoms with Crippen LogP contribution in [0.3, 0.4) is 0 Å². The average molecular weight is 407 g/mol. The highest BCUT2D eigenvalue weighted by molar-refractivity contribution is 7.99. The molecule has 0 N–H and O–H groups in total. The quantitative estimate of drug-likeness (QED) is 0.425. The average Bonchev–Trinajstić information content (AvgIpc) is 3.35. The first kappa shape index (κ1) is 19.2. The van der Waals surface area contributed by atoms with Crippen molar-refractivity contribution >= 4 is 11.8 Å². The molecule has 0 saturated carbocycles. The normalized spacial score (nSPS) is 12.1. The van der Waals surface area contributed by atoms with E-state index < -0.39 is 0 Å². The summed E-state index contributed by atoms with van der Waals surface area (Å²) in [7, 11) is 1.65. The van der Waals surface area contributed by atoms with Gasteiger partial charge >= 0.3 is 0 Å². The van der Waals surface area contributed by atoms with E-state index in [1.165, 1.54) is 17.3 Å². The SMILES string of the molecule is COc1ccc(-c2nnc(SC(C)c3nc(C)no3)n2-c2ccc(C)cc2)cc1. The summed E-state index contributed by atoms with van der Waals surface area (Å²) in [4.78, 5) is 4.33. The lowest BCUT2D eigenvalue weighted by Gasteiger charge is -2.12. The van der Waals surface area contributed by atoms with Crippen LogP contribution in [0.5, 0.6) is 5.75 Å². The number of benzene rings is 2. The first-order chi connectivity index (χ1) is 14.0. The molecule has 0 aliphatic carbocycles. The third-order valence-corrected chi connectivity index (χ3v) is 5.48. The van der Waals surface area contributed by atoms with Crippen molar-refractivity contribution in [3.05, 3.63) is 65.8 Å². The van der Waals surface area contributed by atoms with Gasteiger partial charge in [-0.1, -0.05) is 34.6 Å². The van der Waals surface area contributed by atoms with Gasteiger partial charge in [0.15, 0.2) is 16.8 Å². The second-order valence-electron chi connectivity index (χ2n) is 6.65. The van der Waals surface area contributed by atoms with Crippen LogP contribution in [0.15, 0.2) is 58.2 Å². The zero-order valence-corrected chi connectivity index (χ0v) is 17.5. The number of rotatable bonds is 6. The monoisotopic (exact) mass is 407 g/mol. The molecular weight excluding hydrogens is 386 g/mol. The number of hydrogen-bond acceptors (Lipinski definition) is 7. The smallest absolute Gasteiger partial charge is 0.239 e. The fourth-order valence-corrected chi connectivity index (χ4v) is 3.78. The Morgan fingerprint density at radius 2 is 1.72 bits per heavy atom. The number of hydrogen-bond donors (Lipinski definition) is 0. The van der Waals surface area contributed by atoms with Crippen molar-refractivity contribution in [1.29, 1.82) is 0 Å². The van der Waals surface area contributed by atoms with Crippen LogP contribution in [-0.4, -0.2) is 32.0 Å². The summed E-state index contributed by atoms with van der Waals surface area (Å²) in [5, 5.41) is 13.5. The highest BCUT2D eigenvalue weighted by Gasteiger charge is 2.22. The maximum absolute atomic E-state index is 5.32. The Bertz CT molecular complexity index is 1100. The molecule has 2 aromatic carbocycles. The number of methoxy groups -OCH3 is 1. The Morgan fingerprint density at radius 1 is 1.00 bits per heavy atom. The van der Waals surface area contributed by atoms with Crippen LogP contribution in [0.2, 0.25) is 0 Å². The maximum atomic E-state index is 5.32. The molecule has 8 heteroatoms. The van der Waals surface area contributed by atoms with Gasteiger partial charge in [0.1, 0.15) is 5.75 Å². The van der Waals surface area contributed by atoms with Gasteiger partial charge in [-0.3, -0.25) is 4.57 Å². The van der Waals surface area contributed by atoms with Gasteiger partial charge in [0.2, 0.25) is 5.89 Å². The van der Waals surface area contributed by atoms with Gasteiger partial charge in [-0.2, -0.15) is 4.98 Å². The van der Waals surface area contributed by atoms with Crippen LogP contribution in [0.4, 0.5) is 0 Å². The minimum Gasteiger partial charge on any atom is -0.497 e. The molecule has 0 fully saturated rings. The molecule has 0 radical (unpaired) electrons. The van der Waals surface area contributed by atoms with Crippen LogP contribution in [0.1, 0.15) is 29.5 Å². The van der Waals surface area contributed by atoms with E-state index in [1.807, 2.05) is 35.8 Å². The van der Waals surface area contributed by atoms with Crippen LogP contribution in [0.25, 0.3) is 17.1 Å². The molecule has 2 heterocycles. The van der Waals surface area contributed by atoms with E-state index >= 15 is 0 Å². The van der Waals surface area contributed by atoms with Gasteiger partial charge in [-0.15, -0.1) is 10.2 Å². The van der Waals surface area contributed by atoms with Crippen LogP contribution in [-0.2, 0) is 0 Å². The fraction of sp³-hybridized carbons (Fsp3) is 0.238. The minimum absolute atomic E-state index is 0.0617. The summed E-state index contributed by atoms with van der Waals surface area (Å²) in [5.74, 6) is 2.74. The molecule has 0 saturated heterocycles. The molecule has 4 aromatic rings. The summed E-state index contributed by atoms with van der Waals surface area (Å²) in [6, 6.07) is 16.1. The first-order valence-corrected chi connectivity index (χ1v) is 10.1. The molecule has 0 aliphatic heterocycles. The van der Waals surface area contributed by atoms with Gasteiger partial charge in [-0.25, -0.2) is 0 Å². The second kappa shape index (κ2) is 8.08. The molecule has 0 amide bonds. The van der Waals surface area contributed by atoms with Gasteiger partial charge in [0, 0.05) is 11.3 Å². The molecule has 4 rings (SSSR count). The largest absolute Gasteiger partial charge is 0.497 e. The lowest BCUT2D eigenvalue weighted by molar-refractivity contribution is 0.376. The minimum atomic E-state index is -0.0617. The number of aryl methyl sites for hydroxylation is 2. The van der Waals surface area contributed by atoms with Crippen molar-refractivity contribution in [1.82, 2.24) is 24.9 Å². The Balaban J connectivity index is 1.76. The topological polar surface area (TPSA) is 78.9 Å².